The molecule has 8 heteroatoms. The highest BCUT2D eigenvalue weighted by Gasteiger charge is 2.25. The highest BCUT2D eigenvalue weighted by atomic mass is 32.2. The minimum atomic E-state index is -3.75. The van der Waals surface area contributed by atoms with E-state index in [1.54, 1.807) is 11.3 Å². The lowest BCUT2D eigenvalue weighted by Gasteiger charge is -2.34. The number of hydrogen-bond donors (Lipinski definition) is 1. The highest BCUT2D eigenvalue weighted by molar-refractivity contribution is 7.89. The predicted octanol–water partition coefficient (Wildman–Crippen LogP) is 2.24. The molecule has 1 N–H and O–H groups in total. The summed E-state index contributed by atoms with van der Waals surface area (Å²) in [5.74, 6) is -0.569. The van der Waals surface area contributed by atoms with Gasteiger partial charge in [-0.25, -0.2) is 17.5 Å². The van der Waals surface area contributed by atoms with Crippen molar-refractivity contribution < 1.29 is 17.5 Å². The molecule has 0 spiro atoms. The van der Waals surface area contributed by atoms with Crippen molar-refractivity contribution in [3.8, 4) is 0 Å². The normalized spacial score (nSPS) is 17.7. The molecule has 0 unspecified atom stereocenters. The Morgan fingerprint density at radius 1 is 1.29 bits per heavy atom. The van der Waals surface area contributed by atoms with Crippen LogP contribution in [-0.2, 0) is 14.8 Å². The zero-order valence-corrected chi connectivity index (χ0v) is 14.7. The van der Waals surface area contributed by atoms with Crippen molar-refractivity contribution in [1.29, 1.82) is 0 Å². The fourth-order valence-electron chi connectivity index (χ4n) is 2.72. The Balaban J connectivity index is 1.75. The van der Waals surface area contributed by atoms with E-state index in [2.05, 4.69) is 9.62 Å². The molecule has 1 aliphatic rings. The lowest BCUT2D eigenvalue weighted by Crippen LogP contribution is -2.43. The Morgan fingerprint density at radius 2 is 2.08 bits per heavy atom. The number of hydrogen-bond acceptors (Lipinski definition) is 5. The third-order valence-corrected chi connectivity index (χ3v) is 6.11. The van der Waals surface area contributed by atoms with Crippen LogP contribution in [0.2, 0.25) is 0 Å². The van der Waals surface area contributed by atoms with Gasteiger partial charge in [0.1, 0.15) is 5.82 Å². The molecule has 1 aromatic heterocycles. The van der Waals surface area contributed by atoms with Gasteiger partial charge >= 0.3 is 0 Å². The molecule has 3 rings (SSSR count). The Hall–Kier alpha value is -1.32. The summed E-state index contributed by atoms with van der Waals surface area (Å²) in [5.41, 5.74) is 1.07. The van der Waals surface area contributed by atoms with Gasteiger partial charge in [-0.2, -0.15) is 11.3 Å². The summed E-state index contributed by atoms with van der Waals surface area (Å²) < 4.78 is 46.1. The van der Waals surface area contributed by atoms with Crippen LogP contribution in [-0.4, -0.2) is 46.2 Å². The van der Waals surface area contributed by atoms with Gasteiger partial charge < -0.3 is 4.74 Å². The SMILES string of the molecule is O=S(=O)(NC[C@H](c1ccsc1)N1CCOCC1)c1cccc(F)c1. The number of thiophene rings is 1. The Labute approximate surface area is 145 Å². The number of halogens is 1. The zero-order chi connectivity index (χ0) is 17.0. The first kappa shape index (κ1) is 17.5. The first-order chi connectivity index (χ1) is 11.6. The molecule has 0 saturated carbocycles. The van der Waals surface area contributed by atoms with Crippen molar-refractivity contribution in [2.75, 3.05) is 32.8 Å². The monoisotopic (exact) mass is 370 g/mol. The number of morpholine rings is 1. The maximum atomic E-state index is 13.3. The summed E-state index contributed by atoms with van der Waals surface area (Å²) in [6, 6.07) is 6.96. The van der Waals surface area contributed by atoms with Crippen LogP contribution in [0.4, 0.5) is 4.39 Å². The minimum Gasteiger partial charge on any atom is -0.379 e. The van der Waals surface area contributed by atoms with E-state index < -0.39 is 15.8 Å². The number of nitrogens with zero attached hydrogens (tertiary/aromatic N) is 1. The van der Waals surface area contributed by atoms with Crippen molar-refractivity contribution in [1.82, 2.24) is 9.62 Å². The second-order valence-corrected chi connectivity index (χ2v) is 8.08. The van der Waals surface area contributed by atoms with E-state index in [-0.39, 0.29) is 17.5 Å². The van der Waals surface area contributed by atoms with E-state index in [1.807, 2.05) is 16.8 Å². The largest absolute Gasteiger partial charge is 0.379 e. The third-order valence-electron chi connectivity index (χ3n) is 3.99. The molecule has 0 radical (unpaired) electrons. The molecule has 0 amide bonds. The summed E-state index contributed by atoms with van der Waals surface area (Å²) in [4.78, 5) is 2.15. The van der Waals surface area contributed by atoms with Crippen LogP contribution in [0, 0.1) is 5.82 Å². The van der Waals surface area contributed by atoms with E-state index >= 15 is 0 Å². The summed E-state index contributed by atoms with van der Waals surface area (Å²) in [7, 11) is -3.75. The number of sulfonamides is 1. The lowest BCUT2D eigenvalue weighted by molar-refractivity contribution is 0.0173. The summed E-state index contributed by atoms with van der Waals surface area (Å²) in [5, 5.41) is 4.00. The first-order valence-electron chi connectivity index (χ1n) is 7.65. The molecule has 2 aromatic rings. The zero-order valence-electron chi connectivity index (χ0n) is 13.0. The van der Waals surface area contributed by atoms with E-state index in [9.17, 15) is 12.8 Å². The van der Waals surface area contributed by atoms with E-state index in [4.69, 9.17) is 4.74 Å². The van der Waals surface area contributed by atoms with E-state index in [1.165, 1.54) is 18.2 Å². The van der Waals surface area contributed by atoms with Crippen LogP contribution in [0.3, 0.4) is 0 Å². The fraction of sp³-hybridized carbons (Fsp3) is 0.375. The van der Waals surface area contributed by atoms with Crippen molar-refractivity contribution in [2.24, 2.45) is 0 Å². The van der Waals surface area contributed by atoms with Gasteiger partial charge in [0.25, 0.3) is 0 Å². The van der Waals surface area contributed by atoms with Crippen LogP contribution in [0.25, 0.3) is 0 Å². The van der Waals surface area contributed by atoms with Gasteiger partial charge in [-0.05, 0) is 40.6 Å². The maximum Gasteiger partial charge on any atom is 0.240 e. The van der Waals surface area contributed by atoms with Crippen molar-refractivity contribution in [3.05, 3.63) is 52.5 Å². The second kappa shape index (κ2) is 7.71. The van der Waals surface area contributed by atoms with Crippen molar-refractivity contribution in [2.45, 2.75) is 10.9 Å². The van der Waals surface area contributed by atoms with E-state index in [0.29, 0.717) is 13.2 Å². The van der Waals surface area contributed by atoms with Crippen molar-refractivity contribution in [3.63, 3.8) is 0 Å². The van der Waals surface area contributed by atoms with Gasteiger partial charge in [0.2, 0.25) is 10.0 Å². The Bertz CT molecular complexity index is 759. The summed E-state index contributed by atoms with van der Waals surface area (Å²) in [6.07, 6.45) is 0. The molecule has 1 fully saturated rings. The van der Waals surface area contributed by atoms with Crippen LogP contribution in [0.1, 0.15) is 11.6 Å². The number of benzene rings is 1. The third kappa shape index (κ3) is 4.20. The topological polar surface area (TPSA) is 58.6 Å². The first-order valence-corrected chi connectivity index (χ1v) is 10.1. The highest BCUT2D eigenvalue weighted by Crippen LogP contribution is 2.24. The minimum absolute atomic E-state index is 0.0615. The number of nitrogens with one attached hydrogen (secondary N) is 1. The molecule has 1 atom stereocenters. The Morgan fingerprint density at radius 3 is 2.75 bits per heavy atom. The maximum absolute atomic E-state index is 13.3. The fourth-order valence-corrected chi connectivity index (χ4v) is 4.49. The van der Waals surface area contributed by atoms with E-state index in [0.717, 1.165) is 24.7 Å². The average molecular weight is 370 g/mol. The van der Waals surface area contributed by atoms with Gasteiger partial charge in [0.05, 0.1) is 18.1 Å². The molecule has 1 aliphatic heterocycles. The smallest absolute Gasteiger partial charge is 0.240 e. The molecular weight excluding hydrogens is 351 g/mol. The van der Waals surface area contributed by atoms with Gasteiger partial charge in [-0.1, -0.05) is 6.07 Å². The number of rotatable bonds is 6. The van der Waals surface area contributed by atoms with Gasteiger partial charge in [0, 0.05) is 25.7 Å². The van der Waals surface area contributed by atoms with Crippen LogP contribution >= 0.6 is 11.3 Å². The molecule has 130 valence electrons. The van der Waals surface area contributed by atoms with Gasteiger partial charge in [-0.15, -0.1) is 0 Å². The molecule has 2 heterocycles. The lowest BCUT2D eigenvalue weighted by atomic mass is 10.1. The Kier molecular flexibility index (Phi) is 5.62. The second-order valence-electron chi connectivity index (χ2n) is 5.53. The molecule has 24 heavy (non-hydrogen) atoms. The molecule has 0 aliphatic carbocycles. The molecule has 1 saturated heterocycles. The van der Waals surface area contributed by atoms with Crippen LogP contribution < -0.4 is 4.72 Å². The summed E-state index contributed by atoms with van der Waals surface area (Å²) in [6.45, 7) is 3.01. The molecule has 0 bridgehead atoms. The molecule has 5 nitrogen and oxygen atoms in total. The molecule has 1 aromatic carbocycles. The summed E-state index contributed by atoms with van der Waals surface area (Å²) >= 11 is 1.58. The quantitative estimate of drug-likeness (QED) is 0.847. The standard InChI is InChI=1S/C16H19FN2O3S2/c17-14-2-1-3-15(10-14)24(20,21)18-11-16(13-4-9-23-12-13)19-5-7-22-8-6-19/h1-4,9-10,12,16,18H,5-8,11H2/t16-/m1/s1. The molecular formula is C16H19FN2O3S2. The van der Waals surface area contributed by atoms with Crippen LogP contribution in [0.15, 0.2) is 46.0 Å². The average Bonchev–Trinajstić information content (AvgIpc) is 3.10. The number of ether oxygens (including phenoxy) is 1. The van der Waals surface area contributed by atoms with Gasteiger partial charge in [-0.3, -0.25) is 4.90 Å². The van der Waals surface area contributed by atoms with Gasteiger partial charge in [0.15, 0.2) is 0 Å². The van der Waals surface area contributed by atoms with Crippen LogP contribution in [0.5, 0.6) is 0 Å². The predicted molar refractivity (Wildman–Crippen MR) is 91.0 cm³/mol. The van der Waals surface area contributed by atoms with Crippen molar-refractivity contribution >= 4 is 21.4 Å².